The van der Waals surface area contributed by atoms with E-state index in [1.165, 1.54) is 7.11 Å². The Morgan fingerprint density at radius 3 is 2.62 bits per heavy atom. The van der Waals surface area contributed by atoms with Gasteiger partial charge in [-0.05, 0) is 11.1 Å². The third-order valence-corrected chi connectivity index (χ3v) is 2.15. The topological polar surface area (TPSA) is 26.3 Å². The number of hydrogen-bond acceptors (Lipinski definition) is 2. The van der Waals surface area contributed by atoms with Crippen molar-refractivity contribution < 1.29 is 9.53 Å². The maximum atomic E-state index is 11.1. The van der Waals surface area contributed by atoms with Crippen LogP contribution < -0.4 is 0 Å². The van der Waals surface area contributed by atoms with Gasteiger partial charge in [0.15, 0.2) is 0 Å². The van der Waals surface area contributed by atoms with Crippen LogP contribution >= 0.6 is 0 Å². The van der Waals surface area contributed by atoms with Gasteiger partial charge in [-0.3, -0.25) is 0 Å². The molecule has 0 saturated carbocycles. The lowest BCUT2D eigenvalue weighted by atomic mass is 10.2. The van der Waals surface area contributed by atoms with Gasteiger partial charge in [0.1, 0.15) is 0 Å². The predicted molar refractivity (Wildman–Crippen MR) is 50.0 cm³/mol. The Bertz CT molecular complexity index is 363. The van der Waals surface area contributed by atoms with Gasteiger partial charge >= 0.3 is 5.97 Å². The summed E-state index contributed by atoms with van der Waals surface area (Å²) in [6, 6.07) is 9.91. The molecule has 1 aliphatic rings. The van der Waals surface area contributed by atoms with E-state index in [0.717, 1.165) is 23.1 Å². The third-order valence-electron chi connectivity index (χ3n) is 2.15. The highest BCUT2D eigenvalue weighted by Gasteiger charge is 2.29. The van der Waals surface area contributed by atoms with Crippen LogP contribution in [0.2, 0.25) is 0 Å². The zero-order valence-corrected chi connectivity index (χ0v) is 7.41. The van der Waals surface area contributed by atoms with Crippen molar-refractivity contribution >= 4 is 11.5 Å². The predicted octanol–water partition coefficient (Wildman–Crippen LogP) is 2.02. The lowest BCUT2D eigenvalue weighted by molar-refractivity contribution is -0.135. The van der Waals surface area contributed by atoms with Crippen LogP contribution in [0.3, 0.4) is 0 Å². The van der Waals surface area contributed by atoms with Crippen LogP contribution in [0, 0.1) is 0 Å². The van der Waals surface area contributed by atoms with Crippen LogP contribution in [0.4, 0.5) is 0 Å². The molecule has 13 heavy (non-hydrogen) atoms. The normalized spacial score (nSPS) is 14.2. The number of carbonyl (C=O) groups is 1. The highest BCUT2D eigenvalue weighted by atomic mass is 16.5. The van der Waals surface area contributed by atoms with Crippen molar-refractivity contribution in [2.24, 2.45) is 0 Å². The molecule has 0 fully saturated rings. The Morgan fingerprint density at radius 2 is 2.00 bits per heavy atom. The quantitative estimate of drug-likeness (QED) is 0.641. The minimum Gasteiger partial charge on any atom is -0.466 e. The molecule has 0 bridgehead atoms. The molecule has 66 valence electrons. The molecule has 0 atom stereocenters. The fourth-order valence-corrected chi connectivity index (χ4v) is 1.37. The Kier molecular flexibility index (Phi) is 1.89. The van der Waals surface area contributed by atoms with Crippen molar-refractivity contribution in [1.82, 2.24) is 0 Å². The number of methoxy groups -OCH3 is 1. The fraction of sp³-hybridized carbons (Fsp3) is 0.182. The number of hydrogen-bond donors (Lipinski definition) is 0. The van der Waals surface area contributed by atoms with Crippen molar-refractivity contribution in [2.75, 3.05) is 7.11 Å². The third kappa shape index (κ3) is 1.47. The summed E-state index contributed by atoms with van der Waals surface area (Å²) in [5.74, 6) is -0.196. The number of ether oxygens (including phenoxy) is 1. The average Bonchev–Trinajstić information content (AvgIpc) is 2.98. The number of rotatable bonds is 2. The molecule has 0 saturated heterocycles. The second-order valence-electron chi connectivity index (χ2n) is 2.99. The molecule has 2 nitrogen and oxygen atoms in total. The molecule has 0 aromatic heterocycles. The molecule has 0 spiro atoms. The first-order chi connectivity index (χ1) is 6.33. The van der Waals surface area contributed by atoms with Gasteiger partial charge in [-0.15, -0.1) is 0 Å². The number of benzene rings is 1. The molecule has 0 aliphatic heterocycles. The molecule has 2 rings (SSSR count). The van der Waals surface area contributed by atoms with Crippen LogP contribution in [0.5, 0.6) is 0 Å². The largest absolute Gasteiger partial charge is 0.466 e. The summed E-state index contributed by atoms with van der Waals surface area (Å²) in [6.07, 6.45) is 0.774. The van der Waals surface area contributed by atoms with Gasteiger partial charge < -0.3 is 4.74 Å². The van der Waals surface area contributed by atoms with Crippen molar-refractivity contribution in [1.29, 1.82) is 0 Å². The van der Waals surface area contributed by atoms with E-state index in [-0.39, 0.29) is 5.97 Å². The summed E-state index contributed by atoms with van der Waals surface area (Å²) < 4.78 is 4.63. The van der Waals surface area contributed by atoms with Crippen LogP contribution in [-0.2, 0) is 9.53 Å². The Balaban J connectivity index is 2.23. The Morgan fingerprint density at radius 1 is 1.31 bits per heavy atom. The summed E-state index contributed by atoms with van der Waals surface area (Å²) in [5.41, 5.74) is 3.06. The maximum Gasteiger partial charge on any atom is 0.334 e. The molecule has 0 radical (unpaired) electrons. The number of allylic oxidation sites excluding steroid dienone is 1. The smallest absolute Gasteiger partial charge is 0.334 e. The zero-order valence-electron chi connectivity index (χ0n) is 7.41. The number of esters is 1. The van der Waals surface area contributed by atoms with Crippen LogP contribution in [0.1, 0.15) is 12.0 Å². The molecule has 0 heterocycles. The SMILES string of the molecule is COC(=O)C1=C(c2ccccc2)C1. The van der Waals surface area contributed by atoms with E-state index in [1.54, 1.807) is 0 Å². The Labute approximate surface area is 76.8 Å². The lowest BCUT2D eigenvalue weighted by Gasteiger charge is -1.90. The standard InChI is InChI=1S/C11H10O2/c1-13-11(12)10-7-9(10)8-5-3-2-4-6-8/h2-6H,7H2,1H3. The van der Waals surface area contributed by atoms with Crippen LogP contribution in [-0.4, -0.2) is 13.1 Å². The van der Waals surface area contributed by atoms with E-state index in [0.29, 0.717) is 0 Å². The van der Waals surface area contributed by atoms with Crippen LogP contribution in [0.15, 0.2) is 35.9 Å². The second-order valence-corrected chi connectivity index (χ2v) is 2.99. The molecule has 0 amide bonds. The highest BCUT2D eigenvalue weighted by molar-refractivity contribution is 6.08. The van der Waals surface area contributed by atoms with Crippen molar-refractivity contribution in [3.8, 4) is 0 Å². The molecule has 1 aromatic rings. The van der Waals surface area contributed by atoms with Gasteiger partial charge in [0.05, 0.1) is 7.11 Å². The molecule has 0 unspecified atom stereocenters. The maximum absolute atomic E-state index is 11.1. The lowest BCUT2D eigenvalue weighted by Crippen LogP contribution is -1.95. The summed E-state index contributed by atoms with van der Waals surface area (Å²) >= 11 is 0. The fourth-order valence-electron chi connectivity index (χ4n) is 1.37. The van der Waals surface area contributed by atoms with E-state index in [2.05, 4.69) is 4.74 Å². The van der Waals surface area contributed by atoms with Crippen LogP contribution in [0.25, 0.3) is 5.57 Å². The van der Waals surface area contributed by atoms with E-state index < -0.39 is 0 Å². The molecular weight excluding hydrogens is 164 g/mol. The summed E-state index contributed by atoms with van der Waals surface area (Å²) in [7, 11) is 1.41. The van der Waals surface area contributed by atoms with E-state index >= 15 is 0 Å². The first kappa shape index (κ1) is 8.05. The second kappa shape index (κ2) is 3.05. The number of carbonyl (C=O) groups excluding carboxylic acids is 1. The van der Waals surface area contributed by atoms with Crippen molar-refractivity contribution in [3.63, 3.8) is 0 Å². The van der Waals surface area contributed by atoms with Gasteiger partial charge in [0.2, 0.25) is 0 Å². The summed E-state index contributed by atoms with van der Waals surface area (Å²) in [6.45, 7) is 0. The van der Waals surface area contributed by atoms with E-state index in [4.69, 9.17) is 0 Å². The van der Waals surface area contributed by atoms with Gasteiger partial charge in [-0.25, -0.2) is 4.79 Å². The molecule has 0 N–H and O–H groups in total. The van der Waals surface area contributed by atoms with Crippen molar-refractivity contribution in [2.45, 2.75) is 6.42 Å². The van der Waals surface area contributed by atoms with Crippen molar-refractivity contribution in [3.05, 3.63) is 41.5 Å². The summed E-state index contributed by atoms with van der Waals surface area (Å²) in [5, 5.41) is 0. The van der Waals surface area contributed by atoms with E-state index in [9.17, 15) is 4.79 Å². The molecular formula is C11H10O2. The zero-order chi connectivity index (χ0) is 9.26. The molecule has 2 heteroatoms. The average molecular weight is 174 g/mol. The first-order valence-corrected chi connectivity index (χ1v) is 4.18. The van der Waals surface area contributed by atoms with Gasteiger partial charge in [-0.2, -0.15) is 0 Å². The Hall–Kier alpha value is -1.57. The molecule has 1 aliphatic carbocycles. The summed E-state index contributed by atoms with van der Waals surface area (Å²) in [4.78, 5) is 11.1. The highest BCUT2D eigenvalue weighted by Crippen LogP contribution is 2.40. The van der Waals surface area contributed by atoms with Gasteiger partial charge in [-0.1, -0.05) is 30.3 Å². The van der Waals surface area contributed by atoms with Gasteiger partial charge in [0.25, 0.3) is 0 Å². The minimum atomic E-state index is -0.196. The van der Waals surface area contributed by atoms with E-state index in [1.807, 2.05) is 30.3 Å². The molecule has 1 aromatic carbocycles. The van der Waals surface area contributed by atoms with Gasteiger partial charge in [0, 0.05) is 12.0 Å². The monoisotopic (exact) mass is 174 g/mol. The first-order valence-electron chi connectivity index (χ1n) is 4.18. The minimum absolute atomic E-state index is 0.196.